The predicted octanol–water partition coefficient (Wildman–Crippen LogP) is 8.84. The maximum absolute atomic E-state index is 5.81. The van der Waals surface area contributed by atoms with E-state index in [4.69, 9.17) is 29.3 Å². The molecular formula is C39H23N7O. The number of fused-ring (bicyclic) bond motifs is 4. The molecular weight excluding hydrogens is 582 g/mol. The summed E-state index contributed by atoms with van der Waals surface area (Å²) < 4.78 is 5.81. The zero-order chi connectivity index (χ0) is 31.2. The number of nitrogens with zero attached hydrogens (tertiary/aromatic N) is 7. The molecule has 0 aliphatic rings. The predicted molar refractivity (Wildman–Crippen MR) is 183 cm³/mol. The smallest absolute Gasteiger partial charge is 0.247 e. The first-order valence-electron chi connectivity index (χ1n) is 15.1. The minimum atomic E-state index is 0.468. The summed E-state index contributed by atoms with van der Waals surface area (Å²) in [7, 11) is 0. The summed E-state index contributed by atoms with van der Waals surface area (Å²) in [6, 6.07) is 42.4. The van der Waals surface area contributed by atoms with Crippen LogP contribution in [0.4, 0.5) is 0 Å². The Bertz CT molecular complexity index is 2530. The van der Waals surface area contributed by atoms with Gasteiger partial charge in [-0.3, -0.25) is 0 Å². The average molecular weight is 606 g/mol. The maximum atomic E-state index is 5.81. The number of rotatable bonds is 5. The van der Waals surface area contributed by atoms with Crippen LogP contribution in [0.25, 0.3) is 89.9 Å². The lowest BCUT2D eigenvalue weighted by Crippen LogP contribution is -2.00. The van der Waals surface area contributed by atoms with E-state index in [-0.39, 0.29) is 0 Å². The Balaban J connectivity index is 1.11. The largest absolute Gasteiger partial charge is 0.435 e. The molecule has 47 heavy (non-hydrogen) atoms. The van der Waals surface area contributed by atoms with Gasteiger partial charge in [-0.05, 0) is 41.5 Å². The number of benzene rings is 4. The first kappa shape index (κ1) is 26.7. The fourth-order valence-corrected chi connectivity index (χ4v) is 5.72. The highest BCUT2D eigenvalue weighted by molar-refractivity contribution is 5.99. The number of hydrogen-bond donors (Lipinski definition) is 0. The Kier molecular flexibility index (Phi) is 6.28. The second kappa shape index (κ2) is 11.0. The van der Waals surface area contributed by atoms with E-state index in [1.54, 1.807) is 12.4 Å². The zero-order valence-electron chi connectivity index (χ0n) is 24.8. The third-order valence-electron chi connectivity index (χ3n) is 8.06. The molecule has 8 nitrogen and oxygen atoms in total. The van der Waals surface area contributed by atoms with Gasteiger partial charge >= 0.3 is 0 Å². The standard InChI is InChI=1S/C39H23N7O/c1-3-8-25(9-4-1)36-44-37(26-10-5-2-6-11-26)46-38(45-36)29-13-7-12-27(22-29)28-15-14-24-16-17-30(42-32(24)23-28)31-18-19-33-34(43-31)35-39(47-33)41-21-20-40-35/h1-23H. The fraction of sp³-hybridized carbons (Fsp3) is 0. The minimum Gasteiger partial charge on any atom is -0.435 e. The highest BCUT2D eigenvalue weighted by atomic mass is 16.3. The van der Waals surface area contributed by atoms with Crippen LogP contribution in [0.1, 0.15) is 0 Å². The summed E-state index contributed by atoms with van der Waals surface area (Å²) in [5, 5.41) is 1.03. The van der Waals surface area contributed by atoms with E-state index in [1.807, 2.05) is 91.0 Å². The van der Waals surface area contributed by atoms with Crippen LogP contribution in [0.5, 0.6) is 0 Å². The molecule has 0 unspecified atom stereocenters. The molecule has 0 bridgehead atoms. The van der Waals surface area contributed by atoms with Gasteiger partial charge in [0.2, 0.25) is 5.71 Å². The van der Waals surface area contributed by atoms with Crippen molar-refractivity contribution in [3.8, 4) is 56.7 Å². The molecule has 5 aromatic heterocycles. The van der Waals surface area contributed by atoms with E-state index >= 15 is 0 Å². The molecule has 9 aromatic rings. The summed E-state index contributed by atoms with van der Waals surface area (Å²) in [5.74, 6) is 1.87. The number of aromatic nitrogens is 7. The molecule has 0 saturated heterocycles. The number of hydrogen-bond acceptors (Lipinski definition) is 8. The van der Waals surface area contributed by atoms with Crippen molar-refractivity contribution in [2.75, 3.05) is 0 Å². The fourth-order valence-electron chi connectivity index (χ4n) is 5.72. The SMILES string of the molecule is c1ccc(-c2nc(-c3ccccc3)nc(-c3cccc(-c4ccc5ccc(-c6ccc7oc8nccnc8c7n6)nc5c4)c3)n2)cc1. The van der Waals surface area contributed by atoms with Gasteiger partial charge in [-0.2, -0.15) is 0 Å². The van der Waals surface area contributed by atoms with Crippen molar-refractivity contribution in [1.82, 2.24) is 34.9 Å². The van der Waals surface area contributed by atoms with Crippen molar-refractivity contribution in [3.05, 3.63) is 140 Å². The normalized spacial score (nSPS) is 11.4. The third kappa shape index (κ3) is 4.94. The second-order valence-corrected chi connectivity index (χ2v) is 11.1. The van der Waals surface area contributed by atoms with Crippen molar-refractivity contribution < 1.29 is 4.42 Å². The van der Waals surface area contributed by atoms with E-state index in [0.29, 0.717) is 39.8 Å². The van der Waals surface area contributed by atoms with Gasteiger partial charge in [0.1, 0.15) is 5.52 Å². The monoisotopic (exact) mass is 605 g/mol. The molecule has 0 aliphatic carbocycles. The van der Waals surface area contributed by atoms with Crippen LogP contribution >= 0.6 is 0 Å². The van der Waals surface area contributed by atoms with Crippen LogP contribution in [0.2, 0.25) is 0 Å². The Morgan fingerprint density at radius 3 is 1.77 bits per heavy atom. The van der Waals surface area contributed by atoms with Crippen LogP contribution in [0.3, 0.4) is 0 Å². The van der Waals surface area contributed by atoms with Gasteiger partial charge in [0.25, 0.3) is 0 Å². The van der Waals surface area contributed by atoms with E-state index in [1.165, 1.54) is 0 Å². The van der Waals surface area contributed by atoms with E-state index in [2.05, 4.69) is 46.4 Å². The van der Waals surface area contributed by atoms with E-state index in [0.717, 1.165) is 50.1 Å². The average Bonchev–Trinajstić information content (AvgIpc) is 3.53. The molecule has 5 heterocycles. The summed E-state index contributed by atoms with van der Waals surface area (Å²) in [6.45, 7) is 0. The highest BCUT2D eigenvalue weighted by Gasteiger charge is 2.15. The van der Waals surface area contributed by atoms with Gasteiger partial charge in [0.05, 0.1) is 16.9 Å². The van der Waals surface area contributed by atoms with Crippen molar-refractivity contribution >= 4 is 33.2 Å². The first-order valence-corrected chi connectivity index (χ1v) is 15.1. The summed E-state index contributed by atoms with van der Waals surface area (Å²) >= 11 is 0. The molecule has 220 valence electrons. The van der Waals surface area contributed by atoms with Crippen LogP contribution < -0.4 is 0 Å². The second-order valence-electron chi connectivity index (χ2n) is 11.1. The van der Waals surface area contributed by atoms with Gasteiger partial charge in [-0.15, -0.1) is 0 Å². The first-order chi connectivity index (χ1) is 23.2. The Labute approximate surface area is 268 Å². The quantitative estimate of drug-likeness (QED) is 0.192. The minimum absolute atomic E-state index is 0.468. The third-order valence-corrected chi connectivity index (χ3v) is 8.06. The van der Waals surface area contributed by atoms with Crippen LogP contribution in [-0.4, -0.2) is 34.9 Å². The van der Waals surface area contributed by atoms with Crippen LogP contribution in [-0.2, 0) is 0 Å². The molecule has 9 rings (SSSR count). The Morgan fingerprint density at radius 1 is 0.404 bits per heavy atom. The highest BCUT2D eigenvalue weighted by Crippen LogP contribution is 2.31. The summed E-state index contributed by atoms with van der Waals surface area (Å²) in [4.78, 5) is 33.2. The lowest BCUT2D eigenvalue weighted by atomic mass is 10.0. The number of furan rings is 1. The van der Waals surface area contributed by atoms with Crippen molar-refractivity contribution in [2.24, 2.45) is 0 Å². The van der Waals surface area contributed by atoms with Gasteiger partial charge in [0.15, 0.2) is 28.6 Å². The molecule has 0 amide bonds. The lowest BCUT2D eigenvalue weighted by Gasteiger charge is -2.10. The van der Waals surface area contributed by atoms with E-state index < -0.39 is 0 Å². The summed E-state index contributed by atoms with van der Waals surface area (Å²) in [6.07, 6.45) is 3.25. The van der Waals surface area contributed by atoms with Gasteiger partial charge < -0.3 is 4.42 Å². The Morgan fingerprint density at radius 2 is 1.00 bits per heavy atom. The Hall–Kier alpha value is -6.67. The number of pyridine rings is 2. The van der Waals surface area contributed by atoms with E-state index in [9.17, 15) is 0 Å². The van der Waals surface area contributed by atoms with Crippen LogP contribution in [0, 0.1) is 0 Å². The van der Waals surface area contributed by atoms with Gasteiger partial charge in [-0.25, -0.2) is 34.9 Å². The van der Waals surface area contributed by atoms with Crippen LogP contribution in [0.15, 0.2) is 144 Å². The van der Waals surface area contributed by atoms with Gasteiger partial charge in [0, 0.05) is 34.5 Å². The van der Waals surface area contributed by atoms with Crippen molar-refractivity contribution in [3.63, 3.8) is 0 Å². The molecule has 0 fully saturated rings. The topological polar surface area (TPSA) is 103 Å². The lowest BCUT2D eigenvalue weighted by molar-refractivity contribution is 0.652. The van der Waals surface area contributed by atoms with Crippen molar-refractivity contribution in [2.45, 2.75) is 0 Å². The summed E-state index contributed by atoms with van der Waals surface area (Å²) in [5.41, 5.74) is 9.60. The molecule has 0 radical (unpaired) electrons. The zero-order valence-corrected chi connectivity index (χ0v) is 24.8. The molecule has 0 atom stereocenters. The molecule has 0 aliphatic heterocycles. The van der Waals surface area contributed by atoms with Crippen molar-refractivity contribution in [1.29, 1.82) is 0 Å². The molecule has 4 aromatic carbocycles. The molecule has 8 heteroatoms. The van der Waals surface area contributed by atoms with Gasteiger partial charge in [-0.1, -0.05) is 97.1 Å². The molecule has 0 spiro atoms. The molecule has 0 saturated carbocycles. The maximum Gasteiger partial charge on any atom is 0.247 e. The molecule has 0 N–H and O–H groups in total.